The van der Waals surface area contributed by atoms with Crippen LogP contribution in [0.5, 0.6) is 0 Å². The van der Waals surface area contributed by atoms with Crippen molar-refractivity contribution in [3.05, 3.63) is 68.6 Å². The Balaban J connectivity index is 2.09. The molecule has 0 fully saturated rings. The standard InChI is InChI=1S/C14H13ClN2O2/c1-9-3-2-4-10(5-9)7-16-13(18)12-6-11(15)8-17-14(12)19/h2-6,8H,7H2,1H3,(H,16,18)(H,17,19). The van der Waals surface area contributed by atoms with Crippen molar-refractivity contribution >= 4 is 17.5 Å². The topological polar surface area (TPSA) is 62.0 Å². The molecule has 1 aromatic carbocycles. The quantitative estimate of drug-likeness (QED) is 0.903. The van der Waals surface area contributed by atoms with Crippen LogP contribution in [0.4, 0.5) is 0 Å². The minimum atomic E-state index is -0.453. The van der Waals surface area contributed by atoms with Gasteiger partial charge in [0.05, 0.1) is 5.02 Å². The summed E-state index contributed by atoms with van der Waals surface area (Å²) in [7, 11) is 0. The van der Waals surface area contributed by atoms with E-state index < -0.39 is 11.5 Å². The normalized spacial score (nSPS) is 10.2. The summed E-state index contributed by atoms with van der Waals surface area (Å²) in [6.07, 6.45) is 1.35. The SMILES string of the molecule is Cc1cccc(CNC(=O)c2cc(Cl)c[nH]c2=O)c1. The van der Waals surface area contributed by atoms with E-state index in [-0.39, 0.29) is 5.56 Å². The highest BCUT2D eigenvalue weighted by Crippen LogP contribution is 2.06. The molecule has 0 aliphatic rings. The molecule has 0 atom stereocenters. The first-order valence-electron chi connectivity index (χ1n) is 5.78. The van der Waals surface area contributed by atoms with Crippen LogP contribution >= 0.6 is 11.6 Å². The largest absolute Gasteiger partial charge is 0.348 e. The molecule has 1 heterocycles. The summed E-state index contributed by atoms with van der Waals surface area (Å²) < 4.78 is 0. The van der Waals surface area contributed by atoms with Crippen molar-refractivity contribution in [1.82, 2.24) is 10.3 Å². The predicted molar refractivity (Wildman–Crippen MR) is 74.4 cm³/mol. The molecule has 0 bridgehead atoms. The molecule has 5 heteroatoms. The molecule has 0 saturated carbocycles. The van der Waals surface area contributed by atoms with E-state index in [1.807, 2.05) is 31.2 Å². The molecule has 4 nitrogen and oxygen atoms in total. The second-order valence-electron chi connectivity index (χ2n) is 4.23. The average Bonchev–Trinajstić information content (AvgIpc) is 2.39. The van der Waals surface area contributed by atoms with Gasteiger partial charge in [0.1, 0.15) is 5.56 Å². The molecule has 2 aromatic rings. The Kier molecular flexibility index (Phi) is 4.02. The molecular formula is C14H13ClN2O2. The zero-order chi connectivity index (χ0) is 13.8. The Morgan fingerprint density at radius 2 is 2.16 bits per heavy atom. The van der Waals surface area contributed by atoms with E-state index in [1.54, 1.807) is 0 Å². The van der Waals surface area contributed by atoms with Gasteiger partial charge in [-0.05, 0) is 18.6 Å². The summed E-state index contributed by atoms with van der Waals surface area (Å²) in [6.45, 7) is 2.35. The van der Waals surface area contributed by atoms with Crippen molar-refractivity contribution in [3.8, 4) is 0 Å². The summed E-state index contributed by atoms with van der Waals surface area (Å²) >= 11 is 5.75. The Labute approximate surface area is 115 Å². The number of H-pyrrole nitrogens is 1. The Hall–Kier alpha value is -2.07. The van der Waals surface area contributed by atoms with E-state index in [2.05, 4.69) is 10.3 Å². The van der Waals surface area contributed by atoms with Crippen molar-refractivity contribution in [2.45, 2.75) is 13.5 Å². The van der Waals surface area contributed by atoms with Gasteiger partial charge in [-0.15, -0.1) is 0 Å². The summed E-state index contributed by atoms with van der Waals surface area (Å²) in [6, 6.07) is 9.14. The molecule has 1 aromatic heterocycles. The maximum atomic E-state index is 11.9. The first-order valence-corrected chi connectivity index (χ1v) is 6.16. The average molecular weight is 277 g/mol. The lowest BCUT2D eigenvalue weighted by molar-refractivity contribution is 0.0949. The van der Waals surface area contributed by atoms with Crippen LogP contribution in [-0.2, 0) is 6.54 Å². The third-order valence-electron chi connectivity index (χ3n) is 2.65. The number of hydrogen-bond acceptors (Lipinski definition) is 2. The van der Waals surface area contributed by atoms with Gasteiger partial charge < -0.3 is 10.3 Å². The number of nitrogens with one attached hydrogen (secondary N) is 2. The molecule has 0 spiro atoms. The van der Waals surface area contributed by atoms with Crippen LogP contribution < -0.4 is 10.9 Å². The van der Waals surface area contributed by atoms with Crippen LogP contribution in [0.25, 0.3) is 0 Å². The zero-order valence-electron chi connectivity index (χ0n) is 10.4. The third kappa shape index (κ3) is 3.45. The fourth-order valence-electron chi connectivity index (χ4n) is 1.73. The summed E-state index contributed by atoms with van der Waals surface area (Å²) in [5.74, 6) is -0.440. The van der Waals surface area contributed by atoms with Crippen LogP contribution in [0.1, 0.15) is 21.5 Å². The van der Waals surface area contributed by atoms with Gasteiger partial charge in [0.15, 0.2) is 0 Å². The molecule has 2 N–H and O–H groups in total. The lowest BCUT2D eigenvalue weighted by Crippen LogP contribution is -2.29. The number of benzene rings is 1. The highest BCUT2D eigenvalue weighted by molar-refractivity contribution is 6.30. The molecule has 19 heavy (non-hydrogen) atoms. The number of pyridine rings is 1. The maximum absolute atomic E-state index is 11.9. The molecular weight excluding hydrogens is 264 g/mol. The lowest BCUT2D eigenvalue weighted by Gasteiger charge is -2.05. The number of carbonyl (C=O) groups excluding carboxylic acids is 1. The molecule has 0 unspecified atom stereocenters. The monoisotopic (exact) mass is 276 g/mol. The minimum Gasteiger partial charge on any atom is -0.348 e. The van der Waals surface area contributed by atoms with Gasteiger partial charge in [0, 0.05) is 12.7 Å². The Morgan fingerprint density at radius 1 is 1.37 bits per heavy atom. The van der Waals surface area contributed by atoms with Gasteiger partial charge in [-0.1, -0.05) is 41.4 Å². The van der Waals surface area contributed by atoms with Crippen LogP contribution in [-0.4, -0.2) is 10.9 Å². The second-order valence-corrected chi connectivity index (χ2v) is 4.67. The number of aryl methyl sites for hydroxylation is 1. The van der Waals surface area contributed by atoms with Crippen LogP contribution in [0.2, 0.25) is 5.02 Å². The van der Waals surface area contributed by atoms with Crippen LogP contribution in [0.15, 0.2) is 41.3 Å². The number of aromatic amines is 1. The molecule has 98 valence electrons. The maximum Gasteiger partial charge on any atom is 0.260 e. The zero-order valence-corrected chi connectivity index (χ0v) is 11.1. The number of hydrogen-bond donors (Lipinski definition) is 2. The van der Waals surface area contributed by atoms with Gasteiger partial charge >= 0.3 is 0 Å². The number of carbonyl (C=O) groups is 1. The molecule has 1 amide bonds. The van der Waals surface area contributed by atoms with Crippen LogP contribution in [0.3, 0.4) is 0 Å². The Bertz CT molecular complexity index is 664. The van der Waals surface area contributed by atoms with Crippen LogP contribution in [0, 0.1) is 6.92 Å². The molecule has 0 radical (unpaired) electrons. The number of halogens is 1. The molecule has 0 saturated heterocycles. The smallest absolute Gasteiger partial charge is 0.260 e. The lowest BCUT2D eigenvalue weighted by atomic mass is 10.1. The van der Waals surface area contributed by atoms with Gasteiger partial charge in [0.25, 0.3) is 11.5 Å². The first kappa shape index (κ1) is 13.4. The molecule has 0 aliphatic heterocycles. The second kappa shape index (κ2) is 5.71. The van der Waals surface area contributed by atoms with Crippen molar-refractivity contribution in [3.63, 3.8) is 0 Å². The van der Waals surface area contributed by atoms with E-state index in [9.17, 15) is 9.59 Å². The highest BCUT2D eigenvalue weighted by atomic mass is 35.5. The summed E-state index contributed by atoms with van der Waals surface area (Å²) in [5.41, 5.74) is 1.66. The van der Waals surface area contributed by atoms with E-state index in [4.69, 9.17) is 11.6 Å². The number of amides is 1. The number of rotatable bonds is 3. The first-order chi connectivity index (χ1) is 9.06. The third-order valence-corrected chi connectivity index (χ3v) is 2.87. The van der Waals surface area contributed by atoms with Gasteiger partial charge in [-0.2, -0.15) is 0 Å². The van der Waals surface area contributed by atoms with E-state index in [0.717, 1.165) is 11.1 Å². The van der Waals surface area contributed by atoms with E-state index in [0.29, 0.717) is 11.6 Å². The molecule has 0 aliphatic carbocycles. The molecule has 2 rings (SSSR count). The van der Waals surface area contributed by atoms with Crippen molar-refractivity contribution in [2.24, 2.45) is 0 Å². The van der Waals surface area contributed by atoms with Crippen molar-refractivity contribution in [2.75, 3.05) is 0 Å². The Morgan fingerprint density at radius 3 is 2.89 bits per heavy atom. The summed E-state index contributed by atoms with van der Waals surface area (Å²) in [5, 5.41) is 3.01. The highest BCUT2D eigenvalue weighted by Gasteiger charge is 2.10. The predicted octanol–water partition coefficient (Wildman–Crippen LogP) is 2.27. The van der Waals surface area contributed by atoms with Gasteiger partial charge in [-0.3, -0.25) is 9.59 Å². The van der Waals surface area contributed by atoms with Gasteiger partial charge in [0.2, 0.25) is 0 Å². The summed E-state index contributed by atoms with van der Waals surface area (Å²) in [4.78, 5) is 25.8. The number of aromatic nitrogens is 1. The minimum absolute atomic E-state index is 0.0140. The fraction of sp³-hybridized carbons (Fsp3) is 0.143. The van der Waals surface area contributed by atoms with Crippen molar-refractivity contribution < 1.29 is 4.79 Å². The van der Waals surface area contributed by atoms with E-state index >= 15 is 0 Å². The van der Waals surface area contributed by atoms with Gasteiger partial charge in [-0.25, -0.2) is 0 Å². The fourth-order valence-corrected chi connectivity index (χ4v) is 1.89. The van der Waals surface area contributed by atoms with E-state index in [1.165, 1.54) is 12.3 Å². The van der Waals surface area contributed by atoms with Crippen molar-refractivity contribution in [1.29, 1.82) is 0 Å².